The Hall–Kier alpha value is -1.84. The van der Waals surface area contributed by atoms with Crippen molar-refractivity contribution in [3.63, 3.8) is 0 Å². The van der Waals surface area contributed by atoms with E-state index in [2.05, 4.69) is 19.2 Å². The minimum absolute atomic E-state index is 0.0301. The second-order valence-electron chi connectivity index (χ2n) is 6.91. The van der Waals surface area contributed by atoms with Crippen LogP contribution in [-0.2, 0) is 4.79 Å². The van der Waals surface area contributed by atoms with Crippen molar-refractivity contribution < 1.29 is 9.59 Å². The molecule has 0 aliphatic carbocycles. The van der Waals surface area contributed by atoms with Gasteiger partial charge in [0.1, 0.15) is 0 Å². The van der Waals surface area contributed by atoms with Crippen LogP contribution in [0.4, 0.5) is 5.69 Å². The summed E-state index contributed by atoms with van der Waals surface area (Å²) in [6.45, 7) is 6.05. The van der Waals surface area contributed by atoms with Crippen LogP contribution in [-0.4, -0.2) is 29.8 Å². The monoisotopic (exact) mass is 330 g/mol. The van der Waals surface area contributed by atoms with E-state index in [1.807, 2.05) is 23.1 Å². The second kappa shape index (κ2) is 9.45. The van der Waals surface area contributed by atoms with Gasteiger partial charge in [-0.2, -0.15) is 0 Å². The van der Waals surface area contributed by atoms with E-state index in [1.165, 1.54) is 12.8 Å². The van der Waals surface area contributed by atoms with E-state index in [1.54, 1.807) is 6.07 Å². The van der Waals surface area contributed by atoms with E-state index in [0.717, 1.165) is 38.8 Å². The molecule has 24 heavy (non-hydrogen) atoms. The van der Waals surface area contributed by atoms with Crippen molar-refractivity contribution in [2.24, 2.45) is 5.92 Å². The number of carbonyl (C=O) groups is 2. The normalized spacial score (nSPS) is 15.3. The Kier molecular flexibility index (Phi) is 7.29. The summed E-state index contributed by atoms with van der Waals surface area (Å²) >= 11 is 0. The minimum atomic E-state index is 0.0301. The molecule has 1 aromatic carbocycles. The fourth-order valence-corrected chi connectivity index (χ4v) is 3.06. The highest BCUT2D eigenvalue weighted by molar-refractivity contribution is 5.97. The lowest BCUT2D eigenvalue weighted by Gasteiger charge is -2.30. The second-order valence-corrected chi connectivity index (χ2v) is 6.91. The number of hydrogen-bond donors (Lipinski definition) is 1. The Morgan fingerprint density at radius 2 is 1.92 bits per heavy atom. The Morgan fingerprint density at radius 1 is 1.17 bits per heavy atom. The number of rotatable bonds is 7. The van der Waals surface area contributed by atoms with E-state index in [4.69, 9.17) is 0 Å². The van der Waals surface area contributed by atoms with Gasteiger partial charge in [-0.05, 0) is 43.4 Å². The summed E-state index contributed by atoms with van der Waals surface area (Å²) in [4.78, 5) is 26.5. The van der Waals surface area contributed by atoms with Crippen LogP contribution in [0, 0.1) is 5.92 Å². The van der Waals surface area contributed by atoms with Crippen molar-refractivity contribution in [1.82, 2.24) is 4.90 Å². The summed E-state index contributed by atoms with van der Waals surface area (Å²) in [6, 6.07) is 7.31. The first-order chi connectivity index (χ1) is 11.6. The van der Waals surface area contributed by atoms with Crippen LogP contribution < -0.4 is 5.32 Å². The van der Waals surface area contributed by atoms with Crippen molar-refractivity contribution in [2.45, 2.75) is 58.8 Å². The molecule has 1 heterocycles. The van der Waals surface area contributed by atoms with Gasteiger partial charge >= 0.3 is 0 Å². The molecule has 4 heteroatoms. The third-order valence-corrected chi connectivity index (χ3v) is 4.72. The summed E-state index contributed by atoms with van der Waals surface area (Å²) in [5.74, 6) is 0.802. The summed E-state index contributed by atoms with van der Waals surface area (Å²) in [7, 11) is 0. The van der Waals surface area contributed by atoms with Gasteiger partial charge in [-0.1, -0.05) is 39.2 Å². The van der Waals surface area contributed by atoms with Crippen LogP contribution >= 0.6 is 0 Å². The molecule has 1 fully saturated rings. The molecule has 0 spiro atoms. The van der Waals surface area contributed by atoms with Crippen molar-refractivity contribution in [3.05, 3.63) is 29.8 Å². The summed E-state index contributed by atoms with van der Waals surface area (Å²) in [5.41, 5.74) is 1.38. The quantitative estimate of drug-likeness (QED) is 0.750. The average molecular weight is 330 g/mol. The van der Waals surface area contributed by atoms with Crippen LogP contribution in [0.15, 0.2) is 24.3 Å². The van der Waals surface area contributed by atoms with E-state index in [0.29, 0.717) is 23.6 Å². The Morgan fingerprint density at radius 3 is 2.62 bits per heavy atom. The van der Waals surface area contributed by atoms with Crippen LogP contribution in [0.3, 0.4) is 0 Å². The largest absolute Gasteiger partial charge is 0.339 e. The first kappa shape index (κ1) is 18.5. The molecule has 0 unspecified atom stereocenters. The molecule has 2 amide bonds. The topological polar surface area (TPSA) is 49.4 Å². The zero-order chi connectivity index (χ0) is 17.4. The molecular weight excluding hydrogens is 300 g/mol. The fraction of sp³-hybridized carbons (Fsp3) is 0.600. The van der Waals surface area contributed by atoms with Crippen molar-refractivity contribution in [2.75, 3.05) is 18.4 Å². The number of anilines is 1. The highest BCUT2D eigenvalue weighted by Gasteiger charge is 2.21. The van der Waals surface area contributed by atoms with Crippen LogP contribution in [0.2, 0.25) is 0 Å². The first-order valence-corrected chi connectivity index (χ1v) is 9.29. The molecule has 1 aliphatic heterocycles. The number of amides is 2. The maximum Gasteiger partial charge on any atom is 0.253 e. The number of benzene rings is 1. The van der Waals surface area contributed by atoms with Crippen LogP contribution in [0.25, 0.3) is 0 Å². The predicted octanol–water partition coefficient (Wildman–Crippen LogP) is 4.47. The lowest BCUT2D eigenvalue weighted by Crippen LogP contribution is -2.37. The fourth-order valence-electron chi connectivity index (χ4n) is 3.06. The van der Waals surface area contributed by atoms with Crippen LogP contribution in [0.5, 0.6) is 0 Å². The van der Waals surface area contributed by atoms with E-state index < -0.39 is 0 Å². The van der Waals surface area contributed by atoms with Gasteiger partial charge in [0.15, 0.2) is 0 Å². The highest BCUT2D eigenvalue weighted by atomic mass is 16.2. The lowest BCUT2D eigenvalue weighted by molar-refractivity contribution is -0.116. The highest BCUT2D eigenvalue weighted by Crippen LogP contribution is 2.19. The summed E-state index contributed by atoms with van der Waals surface area (Å²) in [5, 5.41) is 2.91. The smallest absolute Gasteiger partial charge is 0.253 e. The van der Waals surface area contributed by atoms with Gasteiger partial charge in [-0.3, -0.25) is 9.59 Å². The van der Waals surface area contributed by atoms with Crippen molar-refractivity contribution in [3.8, 4) is 0 Å². The molecule has 0 aromatic heterocycles. The molecule has 1 saturated heterocycles. The molecule has 0 saturated carbocycles. The number of nitrogens with zero attached hydrogens (tertiary/aromatic N) is 1. The molecule has 1 aromatic rings. The van der Waals surface area contributed by atoms with Gasteiger partial charge in [0.25, 0.3) is 5.91 Å². The number of unbranched alkanes of at least 4 members (excludes halogenated alkanes) is 3. The predicted molar refractivity (Wildman–Crippen MR) is 98.1 cm³/mol. The maximum absolute atomic E-state index is 12.6. The maximum atomic E-state index is 12.6. The molecule has 2 rings (SSSR count). The third kappa shape index (κ3) is 5.66. The van der Waals surface area contributed by atoms with Gasteiger partial charge < -0.3 is 10.2 Å². The summed E-state index contributed by atoms with van der Waals surface area (Å²) in [6.07, 6.45) is 7.04. The average Bonchev–Trinajstić information content (AvgIpc) is 2.59. The molecule has 132 valence electrons. The van der Waals surface area contributed by atoms with Crippen molar-refractivity contribution >= 4 is 17.5 Å². The standard InChI is InChI=1S/C20H30N2O2/c1-3-4-5-6-10-19(23)21-18-9-7-8-17(15-18)20(24)22-13-11-16(2)12-14-22/h7-9,15-16H,3-6,10-14H2,1-2H3,(H,21,23). The van der Waals surface area contributed by atoms with Gasteiger partial charge in [0, 0.05) is 30.8 Å². The lowest BCUT2D eigenvalue weighted by atomic mass is 9.98. The molecule has 1 aliphatic rings. The molecule has 0 bridgehead atoms. The number of piperidine rings is 1. The Labute approximate surface area is 145 Å². The zero-order valence-electron chi connectivity index (χ0n) is 15.0. The van der Waals surface area contributed by atoms with E-state index in [9.17, 15) is 9.59 Å². The number of nitrogens with one attached hydrogen (secondary N) is 1. The zero-order valence-corrected chi connectivity index (χ0v) is 15.0. The van der Waals surface area contributed by atoms with Gasteiger partial charge in [-0.15, -0.1) is 0 Å². The first-order valence-electron chi connectivity index (χ1n) is 9.29. The van der Waals surface area contributed by atoms with E-state index in [-0.39, 0.29) is 11.8 Å². The van der Waals surface area contributed by atoms with Gasteiger partial charge in [0.2, 0.25) is 5.91 Å². The van der Waals surface area contributed by atoms with Crippen molar-refractivity contribution in [1.29, 1.82) is 0 Å². The molecule has 0 atom stereocenters. The molecular formula is C20H30N2O2. The van der Waals surface area contributed by atoms with Gasteiger partial charge in [0.05, 0.1) is 0 Å². The Balaban J connectivity index is 1.88. The number of hydrogen-bond acceptors (Lipinski definition) is 2. The van der Waals surface area contributed by atoms with Crippen LogP contribution in [0.1, 0.15) is 69.2 Å². The van der Waals surface area contributed by atoms with E-state index >= 15 is 0 Å². The SMILES string of the molecule is CCCCCCC(=O)Nc1cccc(C(=O)N2CCC(C)CC2)c1. The molecule has 4 nitrogen and oxygen atoms in total. The number of likely N-dealkylation sites (tertiary alicyclic amines) is 1. The number of carbonyl (C=O) groups excluding carboxylic acids is 2. The minimum Gasteiger partial charge on any atom is -0.339 e. The van der Waals surface area contributed by atoms with Gasteiger partial charge in [-0.25, -0.2) is 0 Å². The Bertz CT molecular complexity index is 548. The third-order valence-electron chi connectivity index (χ3n) is 4.72. The summed E-state index contributed by atoms with van der Waals surface area (Å²) < 4.78 is 0. The molecule has 0 radical (unpaired) electrons. The molecule has 1 N–H and O–H groups in total.